The zero-order valence-corrected chi connectivity index (χ0v) is 20.8. The Morgan fingerprint density at radius 1 is 0.350 bits per heavy atom. The maximum atomic E-state index is 9.62. The molecule has 0 nitrogen and oxygen atoms in total. The lowest BCUT2D eigenvalue weighted by Crippen LogP contribution is -1.93. The molecule has 0 spiro atoms. The molecule has 0 atom stereocenters. The molecule has 0 fully saturated rings. The average Bonchev–Trinajstić information content (AvgIpc) is 3.17. The van der Waals surface area contributed by atoms with Gasteiger partial charge in [0.2, 0.25) is 0 Å². The van der Waals surface area contributed by atoms with Gasteiger partial charge < -0.3 is 0 Å². The Hall–Kier alpha value is -5.20. The third kappa shape index (κ3) is 2.91. The monoisotopic (exact) mass is 518 g/mol. The fourth-order valence-corrected chi connectivity index (χ4v) is 6.10. The number of fused-ring (bicyclic) bond motifs is 4. The summed E-state index contributed by atoms with van der Waals surface area (Å²) in [7, 11) is 0. The van der Waals surface area contributed by atoms with Gasteiger partial charge in [-0.1, -0.05) is 145 Å². The van der Waals surface area contributed by atoms with Gasteiger partial charge in [0.1, 0.15) is 0 Å². The van der Waals surface area contributed by atoms with Crippen LogP contribution in [0, 0.1) is 0 Å². The predicted molar refractivity (Wildman–Crippen MR) is 174 cm³/mol. The number of hydrogen-bond donors (Lipinski definition) is 0. The Morgan fingerprint density at radius 3 is 1.80 bits per heavy atom. The van der Waals surface area contributed by atoms with Crippen LogP contribution in [-0.2, 0) is 0 Å². The van der Waals surface area contributed by atoms with Gasteiger partial charge in [0.05, 0.1) is 19.2 Å². The molecule has 9 rings (SSSR count). The normalized spacial score (nSPS) is 16.9. The molecule has 0 aliphatic carbocycles. The maximum absolute atomic E-state index is 9.62. The van der Waals surface area contributed by atoms with E-state index in [4.69, 9.17) is 13.7 Å². The Bertz CT molecular complexity index is 3150. The van der Waals surface area contributed by atoms with Gasteiger partial charge in [0, 0.05) is 0 Å². The topological polar surface area (TPSA) is 0 Å². The zero-order valence-electron chi connectivity index (χ0n) is 34.8. The van der Waals surface area contributed by atoms with Crippen LogP contribution < -0.4 is 0 Å². The van der Waals surface area contributed by atoms with Crippen molar-refractivity contribution in [2.24, 2.45) is 0 Å². The van der Waals surface area contributed by atoms with Crippen LogP contribution in [0.15, 0.2) is 145 Å². The van der Waals surface area contributed by atoms with E-state index in [9.17, 15) is 5.48 Å². The Labute approximate surface area is 251 Å². The van der Waals surface area contributed by atoms with E-state index >= 15 is 0 Å². The number of benzene rings is 9. The van der Waals surface area contributed by atoms with Gasteiger partial charge in [0.15, 0.2) is 0 Å². The zero-order chi connectivity index (χ0) is 38.4. The third-order valence-corrected chi connectivity index (χ3v) is 7.73. The first kappa shape index (κ1) is 12.3. The van der Waals surface area contributed by atoms with E-state index in [1.54, 1.807) is 30.3 Å². The minimum atomic E-state index is -0.555. The average molecular weight is 519 g/mol. The van der Waals surface area contributed by atoms with Crippen molar-refractivity contribution < 1.29 is 19.2 Å². The molecular formula is C40H24. The van der Waals surface area contributed by atoms with Crippen molar-refractivity contribution in [2.45, 2.75) is 0 Å². The summed E-state index contributed by atoms with van der Waals surface area (Å²) in [5.74, 6) is 0. The minimum absolute atomic E-state index is 0.00785. The number of rotatable bonds is 2. The molecular weight excluding hydrogens is 480 g/mol. The summed E-state index contributed by atoms with van der Waals surface area (Å²) in [5.41, 5.74) is 0.751. The van der Waals surface area contributed by atoms with Gasteiger partial charge in [-0.2, -0.15) is 0 Å². The van der Waals surface area contributed by atoms with Crippen LogP contribution in [0.5, 0.6) is 0 Å². The first-order valence-corrected chi connectivity index (χ1v) is 12.8. The molecule has 9 aromatic rings. The van der Waals surface area contributed by atoms with Gasteiger partial charge >= 0.3 is 0 Å². The van der Waals surface area contributed by atoms with E-state index in [2.05, 4.69) is 0 Å². The minimum Gasteiger partial charge on any atom is -0.0622 e. The van der Waals surface area contributed by atoms with Crippen LogP contribution in [0.3, 0.4) is 0 Å². The van der Waals surface area contributed by atoms with Crippen LogP contribution >= 0.6 is 0 Å². The van der Waals surface area contributed by atoms with Crippen molar-refractivity contribution in [3.8, 4) is 22.3 Å². The van der Waals surface area contributed by atoms with Gasteiger partial charge in [-0.15, -0.1) is 0 Å². The SMILES string of the molecule is [2H]c1c([2H])c([2H])c(-c2c3ccccc3c(-c3c([2H])c([2H])c4c([2H])c([2H])c5c([2H])c([2H])c([2H])c6c([2H])c([2H])c3c4c56)c3c2ccc2ccccc23)c([2H])c1[2H]. The predicted octanol–water partition coefficient (Wildman–Crippen LogP) is 11.4. The van der Waals surface area contributed by atoms with Crippen LogP contribution in [0.4, 0.5) is 0 Å². The van der Waals surface area contributed by atoms with Crippen molar-refractivity contribution in [3.63, 3.8) is 0 Å². The highest BCUT2D eigenvalue weighted by molar-refractivity contribution is 6.32. The fraction of sp³-hybridized carbons (Fsp3) is 0. The van der Waals surface area contributed by atoms with E-state index in [0.717, 1.165) is 5.39 Å². The summed E-state index contributed by atoms with van der Waals surface area (Å²) in [6.45, 7) is 0. The van der Waals surface area contributed by atoms with Crippen molar-refractivity contribution >= 4 is 64.6 Å². The molecule has 0 unspecified atom stereocenters. The van der Waals surface area contributed by atoms with Crippen molar-refractivity contribution in [1.29, 1.82) is 0 Å². The molecule has 0 amide bonds. The molecule has 0 N–H and O–H groups in total. The molecule has 0 saturated carbocycles. The first-order chi connectivity index (χ1) is 25.7. The van der Waals surface area contributed by atoms with E-state index < -0.39 is 84.6 Å². The summed E-state index contributed by atoms with van der Waals surface area (Å²) < 4.78 is 125. The highest BCUT2D eigenvalue weighted by Gasteiger charge is 2.20. The van der Waals surface area contributed by atoms with E-state index in [1.165, 1.54) is 0 Å². The highest BCUT2D eigenvalue weighted by Crippen LogP contribution is 2.48. The lowest BCUT2D eigenvalue weighted by Gasteiger charge is -2.21. The van der Waals surface area contributed by atoms with Gasteiger partial charge in [0.25, 0.3) is 0 Å². The van der Waals surface area contributed by atoms with E-state index in [-0.39, 0.29) is 43.4 Å². The third-order valence-electron chi connectivity index (χ3n) is 7.73. The smallest absolute Gasteiger partial charge is 0.0622 e. The molecule has 0 aromatic heterocycles. The molecule has 0 heterocycles. The van der Waals surface area contributed by atoms with E-state index in [1.807, 2.05) is 30.3 Å². The molecule has 9 aromatic carbocycles. The van der Waals surface area contributed by atoms with Crippen molar-refractivity contribution in [3.05, 3.63) is 145 Å². The van der Waals surface area contributed by atoms with Crippen LogP contribution in [0.1, 0.15) is 19.2 Å². The Kier molecular flexibility index (Phi) is 2.51. The number of hydrogen-bond acceptors (Lipinski definition) is 0. The van der Waals surface area contributed by atoms with Gasteiger partial charge in [-0.05, 0) is 86.9 Å². The fourth-order valence-electron chi connectivity index (χ4n) is 6.10. The van der Waals surface area contributed by atoms with Crippen molar-refractivity contribution in [2.75, 3.05) is 0 Å². The molecule has 40 heavy (non-hydrogen) atoms. The van der Waals surface area contributed by atoms with Crippen LogP contribution in [0.25, 0.3) is 86.9 Å². The lowest BCUT2D eigenvalue weighted by molar-refractivity contribution is 1.67. The molecule has 0 heteroatoms. The first-order valence-electron chi connectivity index (χ1n) is 19.8. The Balaban J connectivity index is 1.64. The second kappa shape index (κ2) is 8.15. The van der Waals surface area contributed by atoms with Gasteiger partial charge in [-0.3, -0.25) is 0 Å². The summed E-state index contributed by atoms with van der Waals surface area (Å²) in [6.07, 6.45) is 0. The molecule has 0 aliphatic rings. The second-order valence-corrected chi connectivity index (χ2v) is 9.75. The molecule has 0 radical (unpaired) electrons. The molecule has 0 saturated heterocycles. The summed E-state index contributed by atoms with van der Waals surface area (Å²) in [5, 5.41) is 2.98. The largest absolute Gasteiger partial charge is 0.0630 e. The molecule has 0 bridgehead atoms. The maximum Gasteiger partial charge on any atom is 0.0630 e. The highest BCUT2D eigenvalue weighted by atomic mass is 14.2. The summed E-state index contributed by atoms with van der Waals surface area (Å²) >= 11 is 0. The Morgan fingerprint density at radius 2 is 1.00 bits per heavy atom. The van der Waals surface area contributed by atoms with Gasteiger partial charge in [-0.25, -0.2) is 0 Å². The summed E-state index contributed by atoms with van der Waals surface area (Å²) in [6, 6.07) is 11.5. The van der Waals surface area contributed by atoms with Crippen molar-refractivity contribution in [1.82, 2.24) is 0 Å². The quantitative estimate of drug-likeness (QED) is 0.158. The summed E-state index contributed by atoms with van der Waals surface area (Å²) in [4.78, 5) is 0. The van der Waals surface area contributed by atoms with Crippen LogP contribution in [0.2, 0.25) is 0 Å². The molecule has 184 valence electrons. The standard InChI is InChI=1S/C40H24/c1-2-10-26(11-3-1)37-31-15-6-7-16-32(31)40(39-30-14-5-4-9-25(30)19-24-35(37)39)34-23-21-29-18-17-27-12-8-13-28-20-22-33(34)38(29)36(27)28/h1-24H/i1D,2D,3D,8D,10D,11D,12D,13D,17D,18D,20D,21D,22D,23D. The van der Waals surface area contributed by atoms with Crippen LogP contribution in [-0.4, -0.2) is 0 Å². The lowest BCUT2D eigenvalue weighted by atomic mass is 9.82. The van der Waals surface area contributed by atoms with E-state index in [0.29, 0.717) is 38.1 Å². The molecule has 0 aliphatic heterocycles. The second-order valence-electron chi connectivity index (χ2n) is 9.75.